The number of ether oxygens (including phenoxy) is 1. The Labute approximate surface area is 232 Å². The number of fused-ring (bicyclic) bond motifs is 1. The standard InChI is InChI=1S/C34H39N3O2/c1-4-6-7-28-16-26-17-29(39-3)9-10-30(26)33(37(28)32(38)5-2)25-8-11-31(27(15-25)21-35)36-34-18-22-12-23(19-34)14-24(13-22)20-34/h2,8-11,15,17,22-24,28,33,36H,4,6-7,12-14,16,18-20H2,1,3H3/t22?,23?,24?,28-,33-,34?/m0/s1. The van der Waals surface area contributed by atoms with Crippen molar-refractivity contribution >= 4 is 11.6 Å². The van der Waals surface area contributed by atoms with Gasteiger partial charge in [0, 0.05) is 11.6 Å². The van der Waals surface area contributed by atoms with Crippen molar-refractivity contribution in [3.63, 3.8) is 0 Å². The molecule has 4 fully saturated rings. The highest BCUT2D eigenvalue weighted by atomic mass is 16.5. The van der Waals surface area contributed by atoms with Crippen LogP contribution in [0.3, 0.4) is 0 Å². The molecular weight excluding hydrogens is 482 g/mol. The van der Waals surface area contributed by atoms with Gasteiger partial charge in [-0.3, -0.25) is 4.79 Å². The molecule has 0 aromatic heterocycles. The Kier molecular flexibility index (Phi) is 6.80. The summed E-state index contributed by atoms with van der Waals surface area (Å²) >= 11 is 0. The van der Waals surface area contributed by atoms with E-state index < -0.39 is 0 Å². The lowest BCUT2D eigenvalue weighted by molar-refractivity contribution is -0.130. The third kappa shape index (κ3) is 4.67. The smallest absolute Gasteiger partial charge is 0.299 e. The maximum atomic E-state index is 13.3. The van der Waals surface area contributed by atoms with Crippen molar-refractivity contribution in [2.24, 2.45) is 17.8 Å². The number of anilines is 1. The third-order valence-corrected chi connectivity index (χ3v) is 9.94. The number of benzene rings is 2. The van der Waals surface area contributed by atoms with Crippen LogP contribution >= 0.6 is 0 Å². The van der Waals surface area contributed by atoms with Crippen molar-refractivity contribution in [3.05, 3.63) is 58.7 Å². The van der Waals surface area contributed by atoms with E-state index >= 15 is 0 Å². The molecule has 0 spiro atoms. The first kappa shape index (κ1) is 25.8. The molecule has 4 bridgehead atoms. The molecular formula is C34H39N3O2. The first-order chi connectivity index (χ1) is 19.0. The summed E-state index contributed by atoms with van der Waals surface area (Å²) in [6.45, 7) is 2.17. The molecule has 5 nitrogen and oxygen atoms in total. The minimum atomic E-state index is -0.342. The highest BCUT2D eigenvalue weighted by Crippen LogP contribution is 2.56. The summed E-state index contributed by atoms with van der Waals surface area (Å²) in [5.41, 5.74) is 4.84. The lowest BCUT2D eigenvalue weighted by Gasteiger charge is -2.57. The zero-order valence-corrected chi connectivity index (χ0v) is 23.2. The Balaban J connectivity index is 1.39. The number of unbranched alkanes of at least 4 members (excludes halogenated alkanes) is 1. The van der Waals surface area contributed by atoms with Crippen molar-refractivity contribution in [1.82, 2.24) is 4.90 Å². The van der Waals surface area contributed by atoms with Gasteiger partial charge in [-0.2, -0.15) is 5.26 Å². The fraction of sp³-hybridized carbons (Fsp3) is 0.529. The molecule has 0 saturated heterocycles. The molecule has 0 radical (unpaired) electrons. The molecule has 4 saturated carbocycles. The van der Waals surface area contributed by atoms with Crippen LogP contribution in [-0.2, 0) is 11.2 Å². The monoisotopic (exact) mass is 521 g/mol. The minimum Gasteiger partial charge on any atom is -0.497 e. The number of nitrogens with zero attached hydrogens (tertiary/aromatic N) is 2. The minimum absolute atomic E-state index is 0.00605. The number of terminal acetylenes is 1. The highest BCUT2D eigenvalue weighted by molar-refractivity contribution is 5.94. The van der Waals surface area contributed by atoms with Gasteiger partial charge in [0.05, 0.1) is 24.4 Å². The number of nitriles is 1. The van der Waals surface area contributed by atoms with E-state index in [9.17, 15) is 10.1 Å². The van der Waals surface area contributed by atoms with Crippen molar-refractivity contribution in [1.29, 1.82) is 5.26 Å². The average molecular weight is 522 g/mol. The second-order valence-electron chi connectivity index (χ2n) is 12.6. The van der Waals surface area contributed by atoms with Gasteiger partial charge in [-0.1, -0.05) is 31.9 Å². The van der Waals surface area contributed by atoms with Crippen molar-refractivity contribution < 1.29 is 9.53 Å². The van der Waals surface area contributed by atoms with E-state index in [0.29, 0.717) is 5.56 Å². The van der Waals surface area contributed by atoms with E-state index in [0.717, 1.165) is 66.0 Å². The van der Waals surface area contributed by atoms with E-state index in [1.165, 1.54) is 44.1 Å². The van der Waals surface area contributed by atoms with Crippen molar-refractivity contribution in [3.8, 4) is 24.2 Å². The molecule has 2 atom stereocenters. The number of hydrogen-bond acceptors (Lipinski definition) is 4. The summed E-state index contributed by atoms with van der Waals surface area (Å²) in [5, 5.41) is 14.2. The Morgan fingerprint density at radius 2 is 1.85 bits per heavy atom. The van der Waals surface area contributed by atoms with Gasteiger partial charge in [0.25, 0.3) is 5.91 Å². The topological polar surface area (TPSA) is 65.4 Å². The zero-order valence-electron chi connectivity index (χ0n) is 23.2. The van der Waals surface area contributed by atoms with Crippen LogP contribution in [0.5, 0.6) is 5.75 Å². The van der Waals surface area contributed by atoms with Gasteiger partial charge in [0.2, 0.25) is 0 Å². The maximum Gasteiger partial charge on any atom is 0.299 e. The maximum absolute atomic E-state index is 13.3. The van der Waals surface area contributed by atoms with Crippen LogP contribution in [0.15, 0.2) is 36.4 Å². The molecule has 1 aliphatic heterocycles. The van der Waals surface area contributed by atoms with Crippen LogP contribution in [-0.4, -0.2) is 29.5 Å². The normalized spacial score (nSPS) is 30.3. The number of amides is 1. The van der Waals surface area contributed by atoms with Gasteiger partial charge in [-0.05, 0) is 116 Å². The van der Waals surface area contributed by atoms with E-state index in [1.54, 1.807) is 7.11 Å². The first-order valence-electron chi connectivity index (χ1n) is 14.7. The molecule has 1 heterocycles. The molecule has 39 heavy (non-hydrogen) atoms. The number of hydrogen-bond donors (Lipinski definition) is 1. The van der Waals surface area contributed by atoms with Crippen LogP contribution in [0, 0.1) is 41.4 Å². The first-order valence-corrected chi connectivity index (χ1v) is 14.7. The predicted octanol–water partition coefficient (Wildman–Crippen LogP) is 6.61. The number of carbonyl (C=O) groups excluding carboxylic acids is 1. The average Bonchev–Trinajstić information content (AvgIpc) is 2.93. The van der Waals surface area contributed by atoms with Crippen LogP contribution in [0.2, 0.25) is 0 Å². The molecule has 202 valence electrons. The molecule has 1 amide bonds. The van der Waals surface area contributed by atoms with Gasteiger partial charge in [-0.25, -0.2) is 0 Å². The van der Waals surface area contributed by atoms with Crippen LogP contribution in [0.4, 0.5) is 5.69 Å². The Hall–Kier alpha value is -3.44. The van der Waals surface area contributed by atoms with Crippen LogP contribution < -0.4 is 10.1 Å². The lowest BCUT2D eigenvalue weighted by atomic mass is 9.53. The van der Waals surface area contributed by atoms with Gasteiger partial charge in [0.15, 0.2) is 0 Å². The molecule has 2 aromatic carbocycles. The number of methoxy groups -OCH3 is 1. The summed E-state index contributed by atoms with van der Waals surface area (Å²) in [4.78, 5) is 15.2. The van der Waals surface area contributed by atoms with Crippen molar-refractivity contribution in [2.45, 2.75) is 88.8 Å². The summed E-state index contributed by atoms with van der Waals surface area (Å²) in [6.07, 6.45) is 17.2. The quantitative estimate of drug-likeness (QED) is 0.416. The molecule has 1 N–H and O–H groups in total. The summed E-state index contributed by atoms with van der Waals surface area (Å²) in [6, 6.07) is 14.4. The molecule has 5 heteroatoms. The highest BCUT2D eigenvalue weighted by Gasteiger charge is 2.51. The van der Waals surface area contributed by atoms with E-state index in [2.05, 4.69) is 48.5 Å². The molecule has 2 aromatic rings. The summed E-state index contributed by atoms with van der Waals surface area (Å²) in [7, 11) is 1.68. The third-order valence-electron chi connectivity index (χ3n) is 9.94. The van der Waals surface area contributed by atoms with E-state index in [4.69, 9.17) is 11.2 Å². The van der Waals surface area contributed by atoms with Gasteiger partial charge in [-0.15, -0.1) is 6.42 Å². The Morgan fingerprint density at radius 1 is 1.13 bits per heavy atom. The number of nitrogens with one attached hydrogen (secondary N) is 1. The second-order valence-corrected chi connectivity index (χ2v) is 12.6. The van der Waals surface area contributed by atoms with E-state index in [-0.39, 0.29) is 23.5 Å². The van der Waals surface area contributed by atoms with Gasteiger partial charge >= 0.3 is 0 Å². The molecule has 5 aliphatic rings. The van der Waals surface area contributed by atoms with Gasteiger partial charge in [0.1, 0.15) is 11.8 Å². The summed E-state index contributed by atoms with van der Waals surface area (Å²) in [5.74, 6) is 5.40. The van der Waals surface area contributed by atoms with Gasteiger partial charge < -0.3 is 15.0 Å². The second kappa shape index (κ2) is 10.3. The Bertz CT molecular complexity index is 1310. The Morgan fingerprint density at radius 3 is 2.46 bits per heavy atom. The lowest BCUT2D eigenvalue weighted by Crippen LogP contribution is -2.54. The van der Waals surface area contributed by atoms with Crippen molar-refractivity contribution in [2.75, 3.05) is 12.4 Å². The fourth-order valence-electron chi connectivity index (χ4n) is 8.73. The predicted molar refractivity (Wildman–Crippen MR) is 153 cm³/mol. The molecule has 0 unspecified atom stereocenters. The molecule has 7 rings (SSSR count). The van der Waals surface area contributed by atoms with Crippen LogP contribution in [0.1, 0.15) is 93.0 Å². The van der Waals surface area contributed by atoms with Crippen LogP contribution in [0.25, 0.3) is 0 Å². The SMILES string of the molecule is C#CC(=O)N1[C@@H](CCCC)Cc2cc(OC)ccc2[C@@H]1c1ccc(NC23CC4CC(CC(C4)C2)C3)c(C#N)c1. The van der Waals surface area contributed by atoms with E-state index in [1.807, 2.05) is 17.0 Å². The zero-order chi connectivity index (χ0) is 27.1. The number of carbonyl (C=O) groups is 1. The molecule has 4 aliphatic carbocycles. The largest absolute Gasteiger partial charge is 0.497 e. The number of rotatable bonds is 7. The summed E-state index contributed by atoms with van der Waals surface area (Å²) < 4.78 is 5.54. The fourth-order valence-corrected chi connectivity index (χ4v) is 8.73.